The second kappa shape index (κ2) is 25.6. The topological polar surface area (TPSA) is 715 Å². The van der Waals surface area contributed by atoms with Crippen LogP contribution in [0.3, 0.4) is 0 Å². The van der Waals surface area contributed by atoms with E-state index in [1.165, 1.54) is 72.4 Å². The van der Waals surface area contributed by atoms with Gasteiger partial charge in [0.1, 0.15) is 148 Å². The van der Waals surface area contributed by atoms with E-state index >= 15 is 0 Å². The largest absolute Gasteiger partial charge is 0.390 e. The van der Waals surface area contributed by atoms with Crippen LogP contribution in [0.25, 0.3) is 55.8 Å². The zero-order chi connectivity index (χ0) is 73.9. The average molecular weight is 1460 g/mol. The second-order valence-electron chi connectivity index (χ2n) is 28.0. The van der Waals surface area contributed by atoms with Crippen molar-refractivity contribution in [3.8, 4) is 0 Å². The maximum atomic E-state index is 10.3. The fourth-order valence-electron chi connectivity index (χ4n) is 15.8. The van der Waals surface area contributed by atoms with Crippen LogP contribution in [0.1, 0.15) is 95.3 Å². The van der Waals surface area contributed by atoms with Crippen LogP contribution < -0.4 is 45.9 Å². The third-order valence-corrected chi connectivity index (χ3v) is 22.8. The quantitative estimate of drug-likeness (QED) is 0.0761. The third-order valence-electron chi connectivity index (χ3n) is 22.8. The summed E-state index contributed by atoms with van der Waals surface area (Å²) in [5, 5.41) is 123. The van der Waals surface area contributed by atoms with Gasteiger partial charge in [-0.2, -0.15) is 0 Å². The van der Waals surface area contributed by atoms with Crippen LogP contribution in [0.2, 0.25) is 0 Å². The molecule has 0 bridgehead atoms. The van der Waals surface area contributed by atoms with Crippen LogP contribution >= 0.6 is 0 Å². The lowest BCUT2D eigenvalue weighted by molar-refractivity contribution is -0.213. The monoisotopic (exact) mass is 1460 g/mol. The lowest BCUT2D eigenvalue weighted by atomic mass is 9.71. The molecule has 0 amide bonds. The lowest BCUT2D eigenvalue weighted by Crippen LogP contribution is -2.63. The van der Waals surface area contributed by atoms with Gasteiger partial charge in [0, 0.05) is 18.1 Å². The van der Waals surface area contributed by atoms with E-state index in [4.69, 9.17) is 69.6 Å². The predicted molar refractivity (Wildman–Crippen MR) is 355 cm³/mol. The number of aliphatic hydroxyl groups is 12. The molecule has 45 nitrogen and oxygen atoms in total. The Kier molecular flexibility index (Phi) is 17.1. The van der Waals surface area contributed by atoms with Gasteiger partial charge in [-0.1, -0.05) is 0 Å². The van der Waals surface area contributed by atoms with Gasteiger partial charge in [0.15, 0.2) is 88.5 Å². The SMILES string of the molecule is Nc1ncnc2c1ncn2[C@@H]1O[C@@]2(CC[C@@H]2N)C(O)[C@@H]1O.Nc1ncnc2c1ncn2[C@@H]1O[C@]2(CC[C@@H]2N)C(O)[C@@H]1O.Nc1ncnc2c1ncn2[C@@H]1O[C@]2(CC[C@@H]2O)C(O)[C@@H]1O.Nc1ncnc2c1ncn2[C@@H]1O[C@]2(CC[C@H]2N)C(O)[C@@H]1O.Nc1ncnc2c1ncn2[C@@H]1O[C@]2(CC[C@H]2O)C(O)[C@@H]1O. The number of nitrogens with two attached hydrogens (primary N) is 8. The molecular formula is C60H78N28O17. The minimum Gasteiger partial charge on any atom is -0.390 e. The molecule has 45 heteroatoms. The van der Waals surface area contributed by atoms with Crippen LogP contribution in [0.4, 0.5) is 29.1 Å². The summed E-state index contributed by atoms with van der Waals surface area (Å²) in [6.07, 6.45) is 3.13. The summed E-state index contributed by atoms with van der Waals surface area (Å²) in [4.78, 5) is 60.5. The molecule has 5 saturated carbocycles. The highest BCUT2D eigenvalue weighted by molar-refractivity contribution is 5.84. The molecule has 5 saturated heterocycles. The van der Waals surface area contributed by atoms with Gasteiger partial charge in [-0.15, -0.1) is 0 Å². The zero-order valence-corrected chi connectivity index (χ0v) is 55.4. The molecule has 0 aromatic carbocycles. The summed E-state index contributed by atoms with van der Waals surface area (Å²) in [7, 11) is 0. The summed E-state index contributed by atoms with van der Waals surface area (Å²) in [6, 6.07) is -0.870. The average Bonchev–Trinajstić information content (AvgIpc) is 1.62. The molecule has 15 heterocycles. The summed E-state index contributed by atoms with van der Waals surface area (Å²) in [5.74, 6) is 1.21. The minimum atomic E-state index is -1.19. The van der Waals surface area contributed by atoms with Crippen molar-refractivity contribution in [2.24, 2.45) is 17.2 Å². The summed E-state index contributed by atoms with van der Waals surface area (Å²) in [6.45, 7) is 0. The van der Waals surface area contributed by atoms with Gasteiger partial charge in [0.25, 0.3) is 0 Å². The van der Waals surface area contributed by atoms with Gasteiger partial charge >= 0.3 is 0 Å². The summed E-state index contributed by atoms with van der Waals surface area (Å²) in [5.41, 5.74) is 45.9. The number of anilines is 5. The summed E-state index contributed by atoms with van der Waals surface area (Å²) >= 11 is 0. The number of aromatic nitrogens is 20. The summed E-state index contributed by atoms with van der Waals surface area (Å²) < 4.78 is 37.0. The van der Waals surface area contributed by atoms with Gasteiger partial charge in [0.2, 0.25) is 0 Å². The van der Waals surface area contributed by atoms with Gasteiger partial charge in [-0.25, -0.2) is 74.8 Å². The van der Waals surface area contributed by atoms with Crippen molar-refractivity contribution in [1.29, 1.82) is 0 Å². The maximum absolute atomic E-state index is 10.3. The molecule has 25 atom stereocenters. The second-order valence-corrected chi connectivity index (χ2v) is 28.0. The molecule has 5 aliphatic carbocycles. The number of aliphatic hydroxyl groups excluding tert-OH is 12. The zero-order valence-electron chi connectivity index (χ0n) is 55.4. The van der Waals surface area contributed by atoms with E-state index in [1.807, 2.05) is 0 Å². The van der Waals surface area contributed by atoms with Crippen molar-refractivity contribution in [2.45, 2.75) is 215 Å². The molecule has 10 fully saturated rings. The van der Waals surface area contributed by atoms with Crippen molar-refractivity contribution in [1.82, 2.24) is 97.6 Å². The maximum Gasteiger partial charge on any atom is 0.167 e. The molecule has 0 radical (unpaired) electrons. The molecule has 10 aromatic rings. The molecule has 10 aromatic heterocycles. The highest BCUT2D eigenvalue weighted by Crippen LogP contribution is 2.54. The number of fused-ring (bicyclic) bond motifs is 5. The number of ether oxygens (including phenoxy) is 5. The molecular weight excluding hydrogens is 1380 g/mol. The van der Waals surface area contributed by atoms with Crippen molar-refractivity contribution < 1.29 is 85.0 Å². The van der Waals surface area contributed by atoms with E-state index in [-0.39, 0.29) is 47.2 Å². The van der Waals surface area contributed by atoms with Crippen molar-refractivity contribution >= 4 is 84.9 Å². The molecule has 20 rings (SSSR count). The van der Waals surface area contributed by atoms with E-state index in [1.54, 1.807) is 13.7 Å². The number of imidazole rings is 5. The Hall–Kier alpha value is -9.05. The van der Waals surface area contributed by atoms with Crippen molar-refractivity contribution in [3.05, 3.63) is 63.3 Å². The van der Waals surface area contributed by atoms with E-state index in [2.05, 4.69) is 74.8 Å². The normalized spacial score (nSPS) is 39.0. The van der Waals surface area contributed by atoms with Crippen molar-refractivity contribution in [3.63, 3.8) is 0 Å². The fraction of sp³-hybridized carbons (Fsp3) is 0.583. The van der Waals surface area contributed by atoms with E-state index in [0.717, 1.165) is 19.3 Å². The Bertz CT molecular complexity index is 4230. The van der Waals surface area contributed by atoms with Gasteiger partial charge < -0.3 is 131 Å². The predicted octanol–water partition coefficient (Wildman–Crippen LogP) is -7.34. The first kappa shape index (κ1) is 70.3. The Morgan fingerprint density at radius 2 is 0.467 bits per heavy atom. The van der Waals surface area contributed by atoms with Gasteiger partial charge in [-0.3, -0.25) is 22.8 Å². The lowest BCUT2D eigenvalue weighted by Gasteiger charge is -2.46. The first-order chi connectivity index (χ1) is 50.2. The molecule has 5 unspecified atom stereocenters. The fourth-order valence-corrected chi connectivity index (χ4v) is 15.8. The Morgan fingerprint density at radius 1 is 0.276 bits per heavy atom. The van der Waals surface area contributed by atoms with E-state index < -0.39 is 132 Å². The highest BCUT2D eigenvalue weighted by Gasteiger charge is 2.67. The molecule has 560 valence electrons. The van der Waals surface area contributed by atoms with Gasteiger partial charge in [0.05, 0.1) is 43.8 Å². The number of nitrogen functional groups attached to an aromatic ring is 5. The number of nitrogens with zero attached hydrogens (tertiary/aromatic N) is 20. The highest BCUT2D eigenvalue weighted by atomic mass is 16.6. The first-order valence-electron chi connectivity index (χ1n) is 33.7. The number of rotatable bonds is 5. The van der Waals surface area contributed by atoms with Crippen LogP contribution in [-0.2, 0) is 23.7 Å². The van der Waals surface area contributed by atoms with E-state index in [0.29, 0.717) is 101 Å². The standard InChI is InChI=1S/3C12H16N6O3.2C12H15N5O4/c3*13-5-1-2-12(5)8(20)7(19)11(21-12)18-4-17-6-9(14)15-3-16-10(6)18;2*13-9-6-10(15-3-14-9)17(4-16-6)11-7(19)8(20)12(21-11)2-1-5(12)18/h3*3-5,7-8,11,19-20H,1-2,13H2,(H2,14,15,16);2*3-5,7-8,11,18-20H,1-2H2,(H2,13,14,15)/t5-,7+,8?,11-,12+;5-,7-,8?,11+,12+;5-,7-,8?,11+,12-;5-,7+,8?,11-,12+;5-,7-,8?,11+,12-/m10010/s1. The Labute approximate surface area is 589 Å². The van der Waals surface area contributed by atoms with Gasteiger partial charge in [-0.05, 0) is 64.2 Å². The Balaban J connectivity index is 0.000000101. The van der Waals surface area contributed by atoms with Crippen LogP contribution in [-0.4, -0.2) is 278 Å². The number of hydrogen-bond acceptors (Lipinski definition) is 40. The van der Waals surface area contributed by atoms with Crippen LogP contribution in [0, 0.1) is 0 Å². The third kappa shape index (κ3) is 10.4. The molecule has 5 aliphatic heterocycles. The molecule has 5 spiro atoms. The molecule has 105 heavy (non-hydrogen) atoms. The smallest absolute Gasteiger partial charge is 0.167 e. The Morgan fingerprint density at radius 3 is 0.610 bits per heavy atom. The molecule has 28 N–H and O–H groups in total. The van der Waals surface area contributed by atoms with Crippen molar-refractivity contribution in [2.75, 3.05) is 28.7 Å². The van der Waals surface area contributed by atoms with Crippen LogP contribution in [0.15, 0.2) is 63.3 Å². The van der Waals surface area contributed by atoms with Crippen LogP contribution in [0.5, 0.6) is 0 Å². The molecule has 10 aliphatic rings. The first-order valence-corrected chi connectivity index (χ1v) is 33.7. The number of hydrogen-bond donors (Lipinski definition) is 20. The van der Waals surface area contributed by atoms with E-state index in [9.17, 15) is 61.3 Å². The minimum absolute atomic E-state index is 0.227.